The first kappa shape index (κ1) is 26.2. The molecule has 1 aliphatic rings. The van der Waals surface area contributed by atoms with Crippen LogP contribution in [0.3, 0.4) is 0 Å². The van der Waals surface area contributed by atoms with Crippen LogP contribution in [0.25, 0.3) is 0 Å². The molecule has 0 unspecified atom stereocenters. The summed E-state index contributed by atoms with van der Waals surface area (Å²) in [5, 5.41) is 2.75. The fourth-order valence-electron chi connectivity index (χ4n) is 3.95. The molecule has 0 radical (unpaired) electrons. The number of hydrogen-bond acceptors (Lipinski definition) is 5. The summed E-state index contributed by atoms with van der Waals surface area (Å²) in [5.74, 6) is -0.263. The van der Waals surface area contributed by atoms with E-state index in [1.165, 1.54) is 20.7 Å². The lowest BCUT2D eigenvalue weighted by molar-refractivity contribution is -0.116. The Morgan fingerprint density at radius 3 is 2.06 bits per heavy atom. The molecule has 2 aromatic rings. The fourth-order valence-corrected chi connectivity index (χ4v) is 6.43. The van der Waals surface area contributed by atoms with Crippen LogP contribution >= 0.6 is 0 Å². The first-order valence-electron chi connectivity index (χ1n) is 11.5. The van der Waals surface area contributed by atoms with E-state index in [0.717, 1.165) is 37.5 Å². The summed E-state index contributed by atoms with van der Waals surface area (Å²) in [7, 11) is -7.02. The van der Waals surface area contributed by atoms with Crippen molar-refractivity contribution < 1.29 is 21.6 Å². The van der Waals surface area contributed by atoms with Gasteiger partial charge in [0.25, 0.3) is 0 Å². The molecule has 1 amide bonds. The Morgan fingerprint density at radius 2 is 1.50 bits per heavy atom. The Bertz CT molecular complexity index is 1170. The van der Waals surface area contributed by atoms with Crippen LogP contribution in [-0.4, -0.2) is 52.9 Å². The van der Waals surface area contributed by atoms with Gasteiger partial charge in [-0.3, -0.25) is 9.10 Å². The van der Waals surface area contributed by atoms with Crippen LogP contribution in [0.1, 0.15) is 44.1 Å². The molecule has 1 aliphatic heterocycles. The van der Waals surface area contributed by atoms with Crippen LogP contribution in [0.2, 0.25) is 0 Å². The van der Waals surface area contributed by atoms with Gasteiger partial charge in [0.1, 0.15) is 0 Å². The van der Waals surface area contributed by atoms with E-state index >= 15 is 0 Å². The molecule has 1 heterocycles. The molecule has 0 aliphatic carbocycles. The monoisotopic (exact) mass is 507 g/mol. The van der Waals surface area contributed by atoms with Crippen molar-refractivity contribution >= 4 is 37.3 Å². The molecule has 0 saturated carbocycles. The molecule has 0 bridgehead atoms. The molecule has 0 spiro atoms. The minimum Gasteiger partial charge on any atom is -0.326 e. The fraction of sp³-hybridized carbons (Fsp3) is 0.458. The number of benzene rings is 2. The number of nitrogens with zero attached hydrogens (tertiary/aromatic N) is 2. The molecule has 1 N–H and O–H groups in total. The van der Waals surface area contributed by atoms with Gasteiger partial charge in [0.15, 0.2) is 0 Å². The van der Waals surface area contributed by atoms with Crippen LogP contribution in [0.4, 0.5) is 11.4 Å². The quantitative estimate of drug-likeness (QED) is 0.557. The molecule has 0 atom stereocenters. The van der Waals surface area contributed by atoms with Crippen LogP contribution in [0, 0.1) is 6.92 Å². The second-order valence-electron chi connectivity index (χ2n) is 8.67. The van der Waals surface area contributed by atoms with E-state index in [4.69, 9.17) is 0 Å². The average Bonchev–Trinajstić information content (AvgIpc) is 3.07. The van der Waals surface area contributed by atoms with Crippen molar-refractivity contribution in [1.82, 2.24) is 4.31 Å². The topological polar surface area (TPSA) is 104 Å². The Kier molecular flexibility index (Phi) is 8.72. The minimum atomic E-state index is -3.54. The third-order valence-electron chi connectivity index (χ3n) is 5.83. The van der Waals surface area contributed by atoms with E-state index in [2.05, 4.69) is 5.32 Å². The number of sulfonamides is 2. The Balaban J connectivity index is 1.56. The SMILES string of the molecule is Cc1ccc(N(CCCC(=O)Nc2ccc(S(=O)(=O)N3CCCCCC3)cc2)S(C)(=O)=O)cc1. The molecule has 0 aromatic heterocycles. The van der Waals surface area contributed by atoms with Gasteiger partial charge in [-0.05, 0) is 62.6 Å². The first-order valence-corrected chi connectivity index (χ1v) is 14.8. The number of aryl methyl sites for hydroxylation is 1. The number of rotatable bonds is 9. The van der Waals surface area contributed by atoms with Gasteiger partial charge in [-0.1, -0.05) is 30.5 Å². The van der Waals surface area contributed by atoms with Crippen molar-refractivity contribution in [1.29, 1.82) is 0 Å². The largest absolute Gasteiger partial charge is 0.326 e. The molecule has 10 heteroatoms. The van der Waals surface area contributed by atoms with E-state index in [9.17, 15) is 21.6 Å². The maximum atomic E-state index is 12.9. The van der Waals surface area contributed by atoms with Gasteiger partial charge in [-0.25, -0.2) is 16.8 Å². The zero-order valence-electron chi connectivity index (χ0n) is 19.7. The van der Waals surface area contributed by atoms with E-state index in [1.807, 2.05) is 19.1 Å². The second-order valence-corrected chi connectivity index (χ2v) is 12.5. The van der Waals surface area contributed by atoms with Gasteiger partial charge in [0.2, 0.25) is 26.0 Å². The van der Waals surface area contributed by atoms with Crippen LogP contribution in [0.15, 0.2) is 53.4 Å². The Morgan fingerprint density at radius 1 is 0.912 bits per heavy atom. The van der Waals surface area contributed by atoms with Gasteiger partial charge >= 0.3 is 0 Å². The maximum absolute atomic E-state index is 12.9. The number of carbonyl (C=O) groups is 1. The molecule has 34 heavy (non-hydrogen) atoms. The first-order chi connectivity index (χ1) is 16.1. The third kappa shape index (κ3) is 7.04. The summed E-state index contributed by atoms with van der Waals surface area (Å²) < 4.78 is 53.0. The lowest BCUT2D eigenvalue weighted by atomic mass is 10.2. The van der Waals surface area contributed by atoms with Crippen molar-refractivity contribution in [2.24, 2.45) is 0 Å². The third-order valence-corrected chi connectivity index (χ3v) is 8.94. The van der Waals surface area contributed by atoms with Crippen molar-refractivity contribution in [3.63, 3.8) is 0 Å². The number of hydrogen-bond donors (Lipinski definition) is 1. The molecule has 186 valence electrons. The Hall–Kier alpha value is -2.43. The average molecular weight is 508 g/mol. The van der Waals surface area contributed by atoms with Crippen molar-refractivity contribution in [2.75, 3.05) is 35.5 Å². The number of nitrogens with one attached hydrogen (secondary N) is 1. The van der Waals surface area contributed by atoms with Gasteiger partial charge in [0.05, 0.1) is 16.8 Å². The molecule has 3 rings (SSSR count). The molecule has 1 saturated heterocycles. The normalized spacial score (nSPS) is 15.5. The highest BCUT2D eigenvalue weighted by molar-refractivity contribution is 7.92. The van der Waals surface area contributed by atoms with E-state index < -0.39 is 20.0 Å². The highest BCUT2D eigenvalue weighted by Crippen LogP contribution is 2.22. The van der Waals surface area contributed by atoms with E-state index in [0.29, 0.717) is 30.9 Å². The lowest BCUT2D eigenvalue weighted by Crippen LogP contribution is -2.32. The smallest absolute Gasteiger partial charge is 0.243 e. The molecule has 1 fully saturated rings. The Labute approximate surface area is 203 Å². The number of carbonyl (C=O) groups excluding carboxylic acids is 1. The van der Waals surface area contributed by atoms with Gasteiger partial charge < -0.3 is 5.32 Å². The predicted octanol–water partition coefficient (Wildman–Crippen LogP) is 3.74. The van der Waals surface area contributed by atoms with Crippen LogP contribution in [0.5, 0.6) is 0 Å². The van der Waals surface area contributed by atoms with Crippen LogP contribution < -0.4 is 9.62 Å². The lowest BCUT2D eigenvalue weighted by Gasteiger charge is -2.22. The van der Waals surface area contributed by atoms with Crippen molar-refractivity contribution in [3.05, 3.63) is 54.1 Å². The van der Waals surface area contributed by atoms with E-state index in [-0.39, 0.29) is 23.8 Å². The highest BCUT2D eigenvalue weighted by Gasteiger charge is 2.25. The molecule has 2 aromatic carbocycles. The zero-order valence-corrected chi connectivity index (χ0v) is 21.4. The molecular weight excluding hydrogens is 474 g/mol. The summed E-state index contributed by atoms with van der Waals surface area (Å²) in [6.07, 6.45) is 5.45. The van der Waals surface area contributed by atoms with E-state index in [1.54, 1.807) is 24.3 Å². The summed E-state index contributed by atoms with van der Waals surface area (Å²) in [4.78, 5) is 12.6. The number of anilines is 2. The summed E-state index contributed by atoms with van der Waals surface area (Å²) in [5.41, 5.74) is 2.09. The van der Waals surface area contributed by atoms with Gasteiger partial charge in [0, 0.05) is 31.7 Å². The van der Waals surface area contributed by atoms with Crippen molar-refractivity contribution in [2.45, 2.75) is 50.3 Å². The molecule has 8 nitrogen and oxygen atoms in total. The predicted molar refractivity (Wildman–Crippen MR) is 135 cm³/mol. The standard InChI is InChI=1S/C24H33N3O5S2/c1-20-9-13-22(14-10-20)27(33(2,29)30)19-7-8-24(28)25-21-11-15-23(16-12-21)34(31,32)26-17-5-3-4-6-18-26/h9-16H,3-8,17-19H2,1-2H3,(H,25,28). The zero-order chi connectivity index (χ0) is 24.8. The second kappa shape index (κ2) is 11.3. The summed E-state index contributed by atoms with van der Waals surface area (Å²) in [6.45, 7) is 3.18. The maximum Gasteiger partial charge on any atom is 0.243 e. The van der Waals surface area contributed by atoms with Crippen LogP contribution in [-0.2, 0) is 24.8 Å². The highest BCUT2D eigenvalue weighted by atomic mass is 32.2. The van der Waals surface area contributed by atoms with Crippen molar-refractivity contribution in [3.8, 4) is 0 Å². The van der Waals surface area contributed by atoms with Gasteiger partial charge in [-0.2, -0.15) is 4.31 Å². The number of amides is 1. The summed E-state index contributed by atoms with van der Waals surface area (Å²) >= 11 is 0. The summed E-state index contributed by atoms with van der Waals surface area (Å²) in [6, 6.07) is 13.4. The minimum absolute atomic E-state index is 0.131. The molecular formula is C24H33N3O5S2. The van der Waals surface area contributed by atoms with Gasteiger partial charge in [-0.15, -0.1) is 0 Å².